The van der Waals surface area contributed by atoms with Crippen molar-refractivity contribution >= 4 is 11.6 Å². The van der Waals surface area contributed by atoms with Crippen LogP contribution in [0.25, 0.3) is 0 Å². The molecule has 0 aliphatic carbocycles. The van der Waals surface area contributed by atoms with Crippen molar-refractivity contribution in [3.63, 3.8) is 0 Å². The lowest BCUT2D eigenvalue weighted by atomic mass is 10.3. The number of aliphatic hydroxyl groups is 1. The maximum absolute atomic E-state index is 12.0. The van der Waals surface area contributed by atoms with Gasteiger partial charge >= 0.3 is 0 Å². The van der Waals surface area contributed by atoms with Gasteiger partial charge in [0.25, 0.3) is 5.91 Å². The van der Waals surface area contributed by atoms with Crippen LogP contribution in [0.15, 0.2) is 12.3 Å². The van der Waals surface area contributed by atoms with Crippen molar-refractivity contribution in [1.82, 2.24) is 9.47 Å². The minimum Gasteiger partial charge on any atom is -0.397 e. The predicted molar refractivity (Wildman–Crippen MR) is 64.7 cm³/mol. The van der Waals surface area contributed by atoms with Gasteiger partial charge in [-0.05, 0) is 6.07 Å². The minimum atomic E-state index is -0.688. The predicted octanol–water partition coefficient (Wildman–Crippen LogP) is -0.313. The first kappa shape index (κ1) is 13.5. The lowest BCUT2D eigenvalue weighted by Gasteiger charge is -2.20. The van der Waals surface area contributed by atoms with Crippen LogP contribution in [-0.2, 0) is 11.8 Å². The number of likely N-dealkylation sites (N-methyl/N-ethyl adjacent to an activating group) is 1. The molecule has 96 valence electrons. The molecule has 0 saturated carbocycles. The van der Waals surface area contributed by atoms with Crippen molar-refractivity contribution in [2.75, 3.05) is 33.0 Å². The van der Waals surface area contributed by atoms with E-state index in [1.807, 2.05) is 0 Å². The number of nitrogen functional groups attached to an aromatic ring is 1. The first-order valence-corrected chi connectivity index (χ1v) is 5.30. The molecular weight excluding hydrogens is 222 g/mol. The molecule has 0 aromatic carbocycles. The number of carbonyl (C=O) groups excluding carboxylic acids is 1. The Kier molecular flexibility index (Phi) is 4.53. The molecule has 0 saturated heterocycles. The van der Waals surface area contributed by atoms with E-state index >= 15 is 0 Å². The quantitative estimate of drug-likeness (QED) is 0.740. The van der Waals surface area contributed by atoms with Gasteiger partial charge in [0.05, 0.1) is 18.4 Å². The summed E-state index contributed by atoms with van der Waals surface area (Å²) in [4.78, 5) is 13.5. The van der Waals surface area contributed by atoms with Gasteiger partial charge in [-0.25, -0.2) is 0 Å². The Bertz CT molecular complexity index is 389. The highest BCUT2D eigenvalue weighted by Gasteiger charge is 2.18. The van der Waals surface area contributed by atoms with Crippen molar-refractivity contribution in [1.29, 1.82) is 0 Å². The molecular formula is C11H19N3O3. The van der Waals surface area contributed by atoms with Crippen molar-refractivity contribution in [3.8, 4) is 0 Å². The zero-order valence-corrected chi connectivity index (χ0v) is 10.4. The fourth-order valence-electron chi connectivity index (χ4n) is 1.64. The summed E-state index contributed by atoms with van der Waals surface area (Å²) < 4.78 is 6.47. The summed E-state index contributed by atoms with van der Waals surface area (Å²) in [7, 11) is 4.89. The maximum atomic E-state index is 12.0. The van der Waals surface area contributed by atoms with E-state index in [4.69, 9.17) is 10.5 Å². The molecule has 17 heavy (non-hydrogen) atoms. The monoisotopic (exact) mass is 241 g/mol. The summed E-state index contributed by atoms with van der Waals surface area (Å²) in [6, 6.07) is 1.61. The summed E-state index contributed by atoms with van der Waals surface area (Å²) in [6.07, 6.45) is 0.985. The van der Waals surface area contributed by atoms with Gasteiger partial charge in [0.1, 0.15) is 5.69 Å². The summed E-state index contributed by atoms with van der Waals surface area (Å²) in [5, 5.41) is 9.54. The molecule has 1 heterocycles. The second-order valence-electron chi connectivity index (χ2n) is 4.06. The van der Waals surface area contributed by atoms with E-state index in [0.29, 0.717) is 11.4 Å². The van der Waals surface area contributed by atoms with Crippen LogP contribution in [-0.4, -0.2) is 53.9 Å². The molecule has 0 bridgehead atoms. The minimum absolute atomic E-state index is 0.181. The molecule has 0 spiro atoms. The number of nitrogens with zero attached hydrogens (tertiary/aromatic N) is 2. The molecule has 1 aromatic rings. The number of amides is 1. The highest BCUT2D eigenvalue weighted by Crippen LogP contribution is 2.11. The van der Waals surface area contributed by atoms with Crippen molar-refractivity contribution in [2.45, 2.75) is 6.10 Å². The largest absolute Gasteiger partial charge is 0.397 e. The van der Waals surface area contributed by atoms with Gasteiger partial charge in [0.2, 0.25) is 0 Å². The molecule has 6 nitrogen and oxygen atoms in total. The molecule has 1 unspecified atom stereocenters. The zero-order valence-electron chi connectivity index (χ0n) is 10.4. The average Bonchev–Trinajstić information content (AvgIpc) is 2.56. The van der Waals surface area contributed by atoms with Gasteiger partial charge in [-0.1, -0.05) is 0 Å². The second-order valence-corrected chi connectivity index (χ2v) is 4.06. The van der Waals surface area contributed by atoms with E-state index in [-0.39, 0.29) is 19.1 Å². The number of ether oxygens (including phenoxy) is 1. The van der Waals surface area contributed by atoms with Crippen LogP contribution in [0.4, 0.5) is 5.69 Å². The number of anilines is 1. The third-order valence-electron chi connectivity index (χ3n) is 2.44. The number of carbonyl (C=O) groups is 1. The van der Waals surface area contributed by atoms with Gasteiger partial charge in [-0.3, -0.25) is 4.79 Å². The summed E-state index contributed by atoms with van der Waals surface area (Å²) in [6.45, 7) is 0.421. The SMILES string of the molecule is COCC(O)CN(C)C(=O)c1cc(N)cn1C. The first-order chi connectivity index (χ1) is 7.95. The van der Waals surface area contributed by atoms with E-state index in [9.17, 15) is 9.90 Å². The first-order valence-electron chi connectivity index (χ1n) is 5.30. The highest BCUT2D eigenvalue weighted by molar-refractivity contribution is 5.93. The average molecular weight is 241 g/mol. The molecule has 0 radical (unpaired) electrons. The van der Waals surface area contributed by atoms with Crippen LogP contribution in [0, 0.1) is 0 Å². The van der Waals surface area contributed by atoms with E-state index in [1.54, 1.807) is 30.9 Å². The summed E-state index contributed by atoms with van der Waals surface area (Å²) >= 11 is 0. The Hall–Kier alpha value is -1.53. The smallest absolute Gasteiger partial charge is 0.270 e. The number of rotatable bonds is 5. The molecule has 1 amide bonds. The normalized spacial score (nSPS) is 12.5. The number of nitrogens with two attached hydrogens (primary N) is 1. The van der Waals surface area contributed by atoms with Crippen LogP contribution in [0.2, 0.25) is 0 Å². The van der Waals surface area contributed by atoms with Crippen LogP contribution < -0.4 is 5.73 Å². The molecule has 6 heteroatoms. The standard InChI is InChI=1S/C11H19N3O3/c1-13-5-8(12)4-10(13)11(16)14(2)6-9(15)7-17-3/h4-5,9,15H,6-7,12H2,1-3H3. The number of hydrogen-bond acceptors (Lipinski definition) is 4. The lowest BCUT2D eigenvalue weighted by molar-refractivity contribution is 0.0376. The molecule has 0 aliphatic rings. The van der Waals surface area contributed by atoms with E-state index in [1.165, 1.54) is 12.0 Å². The molecule has 1 rings (SSSR count). The maximum Gasteiger partial charge on any atom is 0.270 e. The summed E-state index contributed by atoms with van der Waals surface area (Å²) in [5.41, 5.74) is 6.64. The van der Waals surface area contributed by atoms with Gasteiger partial charge in [-0.2, -0.15) is 0 Å². The molecule has 0 aliphatic heterocycles. The van der Waals surface area contributed by atoms with Crippen LogP contribution in [0.5, 0.6) is 0 Å². The fourth-order valence-corrected chi connectivity index (χ4v) is 1.64. The Balaban J connectivity index is 2.66. The van der Waals surface area contributed by atoms with Crippen LogP contribution in [0.3, 0.4) is 0 Å². The van der Waals surface area contributed by atoms with E-state index in [0.717, 1.165) is 0 Å². The molecule has 1 atom stereocenters. The Morgan fingerprint density at radius 1 is 1.71 bits per heavy atom. The van der Waals surface area contributed by atoms with Gasteiger partial charge < -0.3 is 25.0 Å². The topological polar surface area (TPSA) is 80.7 Å². The van der Waals surface area contributed by atoms with E-state index < -0.39 is 6.10 Å². The van der Waals surface area contributed by atoms with Crippen LogP contribution in [0.1, 0.15) is 10.5 Å². The third-order valence-corrected chi connectivity index (χ3v) is 2.44. The van der Waals surface area contributed by atoms with Gasteiger partial charge in [-0.15, -0.1) is 0 Å². The lowest BCUT2D eigenvalue weighted by Crippen LogP contribution is -2.36. The van der Waals surface area contributed by atoms with Crippen molar-refractivity contribution in [3.05, 3.63) is 18.0 Å². The summed E-state index contributed by atoms with van der Waals surface area (Å²) in [5.74, 6) is -0.181. The molecule has 1 aromatic heterocycles. The zero-order chi connectivity index (χ0) is 13.0. The Labute approximate surface area is 101 Å². The third kappa shape index (κ3) is 3.47. The van der Waals surface area contributed by atoms with Crippen LogP contribution >= 0.6 is 0 Å². The number of aryl methyl sites for hydroxylation is 1. The Morgan fingerprint density at radius 3 is 2.82 bits per heavy atom. The van der Waals surface area contributed by atoms with Crippen molar-refractivity contribution in [2.24, 2.45) is 7.05 Å². The second kappa shape index (κ2) is 5.70. The van der Waals surface area contributed by atoms with Gasteiger partial charge in [0.15, 0.2) is 0 Å². The number of aliphatic hydroxyl groups excluding tert-OH is 1. The fraction of sp³-hybridized carbons (Fsp3) is 0.545. The van der Waals surface area contributed by atoms with Crippen molar-refractivity contribution < 1.29 is 14.6 Å². The molecule has 3 N–H and O–H groups in total. The van der Waals surface area contributed by atoms with Gasteiger partial charge in [0, 0.05) is 33.9 Å². The highest BCUT2D eigenvalue weighted by atomic mass is 16.5. The van der Waals surface area contributed by atoms with E-state index in [2.05, 4.69) is 0 Å². The number of hydrogen-bond donors (Lipinski definition) is 2. The number of methoxy groups -OCH3 is 1. The molecule has 0 fully saturated rings. The Morgan fingerprint density at radius 2 is 2.35 bits per heavy atom. The number of aromatic nitrogens is 1.